The molecule has 1 N–H and O–H groups in total. The van der Waals surface area contributed by atoms with Crippen LogP contribution >= 0.6 is 0 Å². The van der Waals surface area contributed by atoms with Gasteiger partial charge in [-0.15, -0.1) is 0 Å². The molecule has 6 nitrogen and oxygen atoms in total. The lowest BCUT2D eigenvalue weighted by molar-refractivity contribution is -0.147. The number of esters is 1. The summed E-state index contributed by atoms with van der Waals surface area (Å²) in [4.78, 5) is 11.5. The highest BCUT2D eigenvalue weighted by Crippen LogP contribution is 2.17. The molecule has 25 heavy (non-hydrogen) atoms. The first-order valence-electron chi connectivity index (χ1n) is 9.25. The third kappa shape index (κ3) is 16.8. The lowest BCUT2D eigenvalue weighted by Gasteiger charge is -2.19. The summed E-state index contributed by atoms with van der Waals surface area (Å²) in [5.41, 5.74) is 0. The van der Waals surface area contributed by atoms with Gasteiger partial charge in [0.15, 0.2) is 8.32 Å². The Hall–Kier alpha value is -0.443. The van der Waals surface area contributed by atoms with Gasteiger partial charge in [-0.3, -0.25) is 9.35 Å². The van der Waals surface area contributed by atoms with Crippen molar-refractivity contribution in [2.24, 2.45) is 0 Å². The highest BCUT2D eigenvalue weighted by molar-refractivity contribution is 7.85. The summed E-state index contributed by atoms with van der Waals surface area (Å²) in [5, 5.41) is 0. The van der Waals surface area contributed by atoms with E-state index in [9.17, 15) is 13.2 Å². The number of carbonyl (C=O) groups is 1. The van der Waals surface area contributed by atoms with E-state index in [1.54, 1.807) is 0 Å². The summed E-state index contributed by atoms with van der Waals surface area (Å²) in [6.07, 6.45) is 8.50. The van der Waals surface area contributed by atoms with Gasteiger partial charge in [-0.05, 0) is 32.5 Å². The van der Waals surface area contributed by atoms with E-state index in [-0.39, 0.29) is 0 Å². The van der Waals surface area contributed by atoms with E-state index in [1.807, 2.05) is 7.11 Å². The molecule has 0 aromatic rings. The lowest BCUT2D eigenvalue weighted by atomic mass is 10.1. The van der Waals surface area contributed by atoms with Gasteiger partial charge in [-0.25, -0.2) is 0 Å². The molecule has 0 saturated heterocycles. The van der Waals surface area contributed by atoms with Crippen molar-refractivity contribution in [3.8, 4) is 0 Å². The van der Waals surface area contributed by atoms with Crippen LogP contribution in [0.4, 0.5) is 0 Å². The second-order valence-corrected chi connectivity index (χ2v) is 13.3. The van der Waals surface area contributed by atoms with Crippen LogP contribution in [0.2, 0.25) is 19.1 Å². The minimum Gasteiger partial charge on any atom is -0.461 e. The van der Waals surface area contributed by atoms with Crippen molar-refractivity contribution >= 4 is 24.4 Å². The Morgan fingerprint density at radius 2 is 1.48 bits per heavy atom. The predicted octanol–water partition coefficient (Wildman–Crippen LogP) is 4.17. The summed E-state index contributed by atoms with van der Waals surface area (Å²) in [6.45, 7) is 5.96. The molecule has 0 aliphatic rings. The third-order valence-electron chi connectivity index (χ3n) is 4.24. The van der Waals surface area contributed by atoms with Crippen LogP contribution in [0.25, 0.3) is 0 Å². The molecule has 0 spiro atoms. The Balaban J connectivity index is 3.48. The Labute approximate surface area is 154 Å². The van der Waals surface area contributed by atoms with E-state index >= 15 is 0 Å². The van der Waals surface area contributed by atoms with Crippen LogP contribution in [0.15, 0.2) is 0 Å². The number of ether oxygens (including phenoxy) is 1. The van der Waals surface area contributed by atoms with Crippen LogP contribution in [0.3, 0.4) is 0 Å². The SMILES string of the molecule is CO[Si](C)(C)CCCCCCCCCCC(=O)OC(C)CS(=O)(=O)O. The molecule has 0 heterocycles. The van der Waals surface area contributed by atoms with Crippen LogP contribution in [-0.2, 0) is 24.1 Å². The first kappa shape index (κ1) is 24.6. The van der Waals surface area contributed by atoms with Crippen LogP contribution in [0, 0.1) is 0 Å². The monoisotopic (exact) mass is 396 g/mol. The third-order valence-corrected chi connectivity index (χ3v) is 7.79. The molecule has 0 saturated carbocycles. The second-order valence-electron chi connectivity index (χ2n) is 7.34. The molecule has 1 unspecified atom stereocenters. The molecule has 0 fully saturated rings. The van der Waals surface area contributed by atoms with Gasteiger partial charge in [-0.2, -0.15) is 8.42 Å². The van der Waals surface area contributed by atoms with Crippen molar-refractivity contribution in [1.82, 2.24) is 0 Å². The van der Waals surface area contributed by atoms with E-state index in [1.165, 1.54) is 45.1 Å². The molecule has 0 aromatic heterocycles. The van der Waals surface area contributed by atoms with Crippen LogP contribution in [0.1, 0.15) is 64.7 Å². The minimum atomic E-state index is -4.10. The first-order valence-corrected chi connectivity index (χ1v) is 14.0. The van der Waals surface area contributed by atoms with Gasteiger partial charge < -0.3 is 9.16 Å². The Morgan fingerprint density at radius 1 is 1.00 bits per heavy atom. The summed E-state index contributed by atoms with van der Waals surface area (Å²) in [6, 6.07) is 1.22. The van der Waals surface area contributed by atoms with E-state index in [4.69, 9.17) is 13.7 Å². The lowest BCUT2D eigenvalue weighted by Crippen LogP contribution is -2.27. The van der Waals surface area contributed by atoms with Crippen molar-refractivity contribution in [3.63, 3.8) is 0 Å². The number of rotatable bonds is 15. The second kappa shape index (κ2) is 12.8. The molecule has 0 bridgehead atoms. The highest BCUT2D eigenvalue weighted by atomic mass is 32.2. The number of hydrogen-bond acceptors (Lipinski definition) is 5. The Morgan fingerprint density at radius 3 is 1.96 bits per heavy atom. The highest BCUT2D eigenvalue weighted by Gasteiger charge is 2.19. The topological polar surface area (TPSA) is 89.9 Å². The van der Waals surface area contributed by atoms with Gasteiger partial charge in [0.25, 0.3) is 10.1 Å². The van der Waals surface area contributed by atoms with E-state index in [0.29, 0.717) is 6.42 Å². The first-order chi connectivity index (χ1) is 11.6. The molecule has 8 heteroatoms. The van der Waals surface area contributed by atoms with Crippen LogP contribution in [-0.4, -0.2) is 46.2 Å². The summed E-state index contributed by atoms with van der Waals surface area (Å²) in [7, 11) is -3.68. The normalized spacial score (nSPS) is 13.6. The molecule has 150 valence electrons. The molecule has 0 aliphatic heterocycles. The van der Waals surface area contributed by atoms with Crippen molar-refractivity contribution in [3.05, 3.63) is 0 Å². The fraction of sp³-hybridized carbons (Fsp3) is 0.941. The van der Waals surface area contributed by atoms with Crippen molar-refractivity contribution in [1.29, 1.82) is 0 Å². The molecule has 1 atom stereocenters. The van der Waals surface area contributed by atoms with Gasteiger partial charge in [0.05, 0.1) is 0 Å². The van der Waals surface area contributed by atoms with Crippen LogP contribution in [0.5, 0.6) is 0 Å². The molecule has 0 rings (SSSR count). The predicted molar refractivity (Wildman–Crippen MR) is 103 cm³/mol. The maximum Gasteiger partial charge on any atom is 0.306 e. The van der Waals surface area contributed by atoms with Crippen molar-refractivity contribution in [2.75, 3.05) is 12.9 Å². The largest absolute Gasteiger partial charge is 0.461 e. The smallest absolute Gasteiger partial charge is 0.306 e. The standard InChI is InChI=1S/C17H36O6SSi/c1-16(15-24(19,20)21)23-17(18)13-11-9-7-5-6-8-10-12-14-25(3,4)22-2/h16H,5-15H2,1-4H3,(H,19,20,21). The molecule has 0 amide bonds. The minimum absolute atomic E-state index is 0.298. The number of unbranched alkanes of at least 4 members (excludes halogenated alkanes) is 7. The van der Waals surface area contributed by atoms with Crippen molar-refractivity contribution in [2.45, 2.75) is 90.0 Å². The van der Waals surface area contributed by atoms with Gasteiger partial charge in [-0.1, -0.05) is 44.9 Å². The molecule has 0 aliphatic carbocycles. The Bertz CT molecular complexity index is 464. The zero-order valence-corrected chi connectivity index (χ0v) is 18.1. The van der Waals surface area contributed by atoms with Crippen molar-refractivity contribution < 1.29 is 26.9 Å². The fourth-order valence-electron chi connectivity index (χ4n) is 2.60. The maximum absolute atomic E-state index is 11.5. The van der Waals surface area contributed by atoms with E-state index in [0.717, 1.165) is 19.3 Å². The number of carbonyl (C=O) groups excluding carboxylic acids is 1. The zero-order chi connectivity index (χ0) is 19.3. The zero-order valence-electron chi connectivity index (χ0n) is 16.3. The fourth-order valence-corrected chi connectivity index (χ4v) is 4.56. The summed E-state index contributed by atoms with van der Waals surface area (Å²) in [5.74, 6) is -0.955. The molecular formula is C17H36O6SSi. The van der Waals surface area contributed by atoms with E-state index in [2.05, 4.69) is 13.1 Å². The van der Waals surface area contributed by atoms with Gasteiger partial charge >= 0.3 is 5.97 Å². The molecule has 0 radical (unpaired) electrons. The summed E-state index contributed by atoms with van der Waals surface area (Å²) >= 11 is 0. The van der Waals surface area contributed by atoms with Gasteiger partial charge in [0.2, 0.25) is 0 Å². The number of hydrogen-bond donors (Lipinski definition) is 1. The average Bonchev–Trinajstić information content (AvgIpc) is 2.47. The average molecular weight is 397 g/mol. The van der Waals surface area contributed by atoms with Gasteiger partial charge in [0.1, 0.15) is 11.9 Å². The van der Waals surface area contributed by atoms with Gasteiger partial charge in [0, 0.05) is 13.5 Å². The molecule has 0 aromatic carbocycles. The van der Waals surface area contributed by atoms with Crippen LogP contribution < -0.4 is 0 Å². The summed E-state index contributed by atoms with van der Waals surface area (Å²) < 4.78 is 40.5. The quantitative estimate of drug-likeness (QED) is 0.193. The Kier molecular flexibility index (Phi) is 12.6. The van der Waals surface area contributed by atoms with E-state index < -0.39 is 36.3 Å². The maximum atomic E-state index is 11.5. The molecular weight excluding hydrogens is 360 g/mol.